The predicted molar refractivity (Wildman–Crippen MR) is 119 cm³/mol. The van der Waals surface area contributed by atoms with Gasteiger partial charge in [0.2, 0.25) is 5.95 Å². The normalized spacial score (nSPS) is 18.7. The second kappa shape index (κ2) is 7.91. The second-order valence-corrected chi connectivity index (χ2v) is 8.22. The van der Waals surface area contributed by atoms with Gasteiger partial charge in [-0.05, 0) is 38.0 Å². The highest BCUT2D eigenvalue weighted by molar-refractivity contribution is 5.95. The van der Waals surface area contributed by atoms with Gasteiger partial charge >= 0.3 is 0 Å². The van der Waals surface area contributed by atoms with Gasteiger partial charge in [0.15, 0.2) is 17.3 Å². The third-order valence-corrected chi connectivity index (χ3v) is 6.11. The van der Waals surface area contributed by atoms with Crippen LogP contribution in [0.25, 0.3) is 16.6 Å². The maximum atomic E-state index is 14.2. The quantitative estimate of drug-likeness (QED) is 0.491. The summed E-state index contributed by atoms with van der Waals surface area (Å²) in [5, 5.41) is 7.61. The first kappa shape index (κ1) is 21.0. The number of piperidine rings is 1. The van der Waals surface area contributed by atoms with E-state index in [1.807, 2.05) is 6.92 Å². The van der Waals surface area contributed by atoms with Crippen LogP contribution in [0.3, 0.4) is 0 Å². The van der Waals surface area contributed by atoms with Crippen LogP contribution in [0.1, 0.15) is 41.9 Å². The molecule has 0 unspecified atom stereocenters. The fraction of sp³-hybridized carbons (Fsp3) is 0.318. The van der Waals surface area contributed by atoms with E-state index in [1.54, 1.807) is 30.3 Å². The van der Waals surface area contributed by atoms with Gasteiger partial charge < -0.3 is 16.0 Å². The molecule has 3 N–H and O–H groups in total. The minimum atomic E-state index is -0.815. The lowest BCUT2D eigenvalue weighted by atomic mass is 9.92. The molecule has 4 heterocycles. The maximum Gasteiger partial charge on any atom is 0.254 e. The Morgan fingerprint density at radius 2 is 2.03 bits per heavy atom. The lowest BCUT2D eigenvalue weighted by Crippen LogP contribution is -2.45. The number of aromatic nitrogens is 5. The number of benzene rings is 1. The summed E-state index contributed by atoms with van der Waals surface area (Å²) in [6.07, 6.45) is 3.11. The average Bonchev–Trinajstić information content (AvgIpc) is 3.26. The summed E-state index contributed by atoms with van der Waals surface area (Å²) in [5.74, 6) is -0.802. The Hall–Kier alpha value is -3.89. The first-order valence-electron chi connectivity index (χ1n) is 10.6. The standard InChI is InChI=1S/C22H22F2N8O/c1-11-3-4-13(10-31(11)21(33)12-5-6-27-17(7-12)26-2)19-29-20-15-8-14(23)9-16(24)18(15)28-22(25)32(20)30-19/h5-9,11,13H,3-4,10H2,1-2H3,(H2,25,28)(H,26,27)/t11-,13+/m0/s1. The summed E-state index contributed by atoms with van der Waals surface area (Å²) in [5.41, 5.74) is 6.69. The summed E-state index contributed by atoms with van der Waals surface area (Å²) >= 11 is 0. The molecule has 1 aliphatic heterocycles. The third kappa shape index (κ3) is 3.59. The number of carbonyl (C=O) groups is 1. The number of nitrogens with two attached hydrogens (primary N) is 1. The van der Waals surface area contributed by atoms with Gasteiger partial charge in [-0.2, -0.15) is 4.52 Å². The highest BCUT2D eigenvalue weighted by atomic mass is 19.1. The molecule has 1 saturated heterocycles. The number of halogens is 2. The molecule has 1 aliphatic rings. The van der Waals surface area contributed by atoms with Gasteiger partial charge in [0.05, 0.1) is 5.39 Å². The monoisotopic (exact) mass is 452 g/mol. The molecule has 0 bridgehead atoms. The maximum absolute atomic E-state index is 14.2. The Balaban J connectivity index is 1.51. The molecule has 1 fully saturated rings. The highest BCUT2D eigenvalue weighted by Gasteiger charge is 2.33. The second-order valence-electron chi connectivity index (χ2n) is 8.22. The molecule has 9 nitrogen and oxygen atoms in total. The van der Waals surface area contributed by atoms with Crippen molar-refractivity contribution in [3.8, 4) is 0 Å². The molecule has 3 aromatic heterocycles. The molecule has 33 heavy (non-hydrogen) atoms. The van der Waals surface area contributed by atoms with E-state index in [0.29, 0.717) is 23.8 Å². The van der Waals surface area contributed by atoms with E-state index >= 15 is 0 Å². The number of hydrogen-bond acceptors (Lipinski definition) is 7. The first-order chi connectivity index (χ1) is 15.9. The number of nitrogens with zero attached hydrogens (tertiary/aromatic N) is 6. The van der Waals surface area contributed by atoms with Crippen LogP contribution in [0.5, 0.6) is 0 Å². The fourth-order valence-corrected chi connectivity index (χ4v) is 4.31. The molecule has 1 amide bonds. The van der Waals surface area contributed by atoms with Gasteiger partial charge in [0.1, 0.15) is 17.2 Å². The number of nitrogen functional groups attached to an aromatic ring is 1. The Bertz CT molecular complexity index is 1390. The van der Waals surface area contributed by atoms with Crippen molar-refractivity contribution in [1.82, 2.24) is 29.5 Å². The van der Waals surface area contributed by atoms with E-state index < -0.39 is 11.6 Å². The summed E-state index contributed by atoms with van der Waals surface area (Å²) in [6.45, 7) is 2.41. The minimum Gasteiger partial charge on any atom is -0.373 e. The van der Waals surface area contributed by atoms with Crippen LogP contribution in [-0.2, 0) is 0 Å². The SMILES string of the molecule is CNc1cc(C(=O)N2C[C@H](c3nc4c5cc(F)cc(F)c5nc(N)n4n3)CC[C@@H]2C)ccn1. The third-order valence-electron chi connectivity index (χ3n) is 6.11. The molecule has 0 radical (unpaired) electrons. The minimum absolute atomic E-state index is 0.0349. The van der Waals surface area contributed by atoms with Crippen LogP contribution in [0.2, 0.25) is 0 Å². The zero-order chi connectivity index (χ0) is 23.3. The molecule has 170 valence electrons. The van der Waals surface area contributed by atoms with Gasteiger partial charge in [0, 0.05) is 43.4 Å². The van der Waals surface area contributed by atoms with Crippen molar-refractivity contribution >= 4 is 34.2 Å². The predicted octanol–water partition coefficient (Wildman–Crippen LogP) is 2.98. The Morgan fingerprint density at radius 1 is 1.21 bits per heavy atom. The molecule has 0 saturated carbocycles. The number of carbonyl (C=O) groups excluding carboxylic acids is 1. The van der Waals surface area contributed by atoms with Gasteiger partial charge in [-0.15, -0.1) is 5.10 Å². The molecule has 4 aromatic rings. The smallest absolute Gasteiger partial charge is 0.254 e. The molecule has 0 spiro atoms. The van der Waals surface area contributed by atoms with E-state index in [0.717, 1.165) is 18.9 Å². The molecule has 0 aliphatic carbocycles. The number of likely N-dealkylation sites (tertiary alicyclic amines) is 1. The van der Waals surface area contributed by atoms with Crippen molar-refractivity contribution < 1.29 is 13.6 Å². The Morgan fingerprint density at radius 3 is 2.82 bits per heavy atom. The van der Waals surface area contributed by atoms with Crippen LogP contribution < -0.4 is 11.1 Å². The van der Waals surface area contributed by atoms with E-state index in [9.17, 15) is 13.6 Å². The van der Waals surface area contributed by atoms with Crippen molar-refractivity contribution in [1.29, 1.82) is 0 Å². The first-order valence-corrected chi connectivity index (χ1v) is 10.6. The van der Waals surface area contributed by atoms with Gasteiger partial charge in [-0.25, -0.2) is 23.7 Å². The van der Waals surface area contributed by atoms with Crippen molar-refractivity contribution in [2.45, 2.75) is 31.7 Å². The summed E-state index contributed by atoms with van der Waals surface area (Å²) in [6, 6.07) is 5.36. The number of nitrogens with one attached hydrogen (secondary N) is 1. The molecule has 11 heteroatoms. The Kier molecular flexibility index (Phi) is 5.03. The van der Waals surface area contributed by atoms with Crippen LogP contribution in [-0.4, -0.2) is 55.0 Å². The molecule has 1 aromatic carbocycles. The number of fused-ring (bicyclic) bond motifs is 3. The zero-order valence-corrected chi connectivity index (χ0v) is 18.1. The van der Waals surface area contributed by atoms with Crippen molar-refractivity contribution in [3.05, 3.63) is 53.5 Å². The number of amides is 1. The number of hydrogen-bond donors (Lipinski definition) is 2. The van der Waals surface area contributed by atoms with Gasteiger partial charge in [-0.1, -0.05) is 0 Å². The van der Waals surface area contributed by atoms with E-state index in [2.05, 4.69) is 25.4 Å². The topological polar surface area (TPSA) is 114 Å². The van der Waals surface area contributed by atoms with E-state index in [-0.39, 0.29) is 40.4 Å². The number of anilines is 2. The number of rotatable bonds is 3. The Labute approximate surface area is 187 Å². The zero-order valence-electron chi connectivity index (χ0n) is 18.1. The molecular weight excluding hydrogens is 430 g/mol. The van der Waals surface area contributed by atoms with Crippen LogP contribution in [0.15, 0.2) is 30.5 Å². The van der Waals surface area contributed by atoms with Crippen molar-refractivity contribution in [2.75, 3.05) is 24.6 Å². The largest absolute Gasteiger partial charge is 0.373 e. The van der Waals surface area contributed by atoms with Gasteiger partial charge in [-0.3, -0.25) is 4.79 Å². The van der Waals surface area contributed by atoms with Crippen molar-refractivity contribution in [2.24, 2.45) is 0 Å². The van der Waals surface area contributed by atoms with E-state index in [4.69, 9.17) is 5.73 Å². The summed E-state index contributed by atoms with van der Waals surface area (Å²) < 4.78 is 29.4. The lowest BCUT2D eigenvalue weighted by molar-refractivity contribution is 0.0606. The van der Waals surface area contributed by atoms with Crippen LogP contribution in [0, 0.1) is 11.6 Å². The summed E-state index contributed by atoms with van der Waals surface area (Å²) in [7, 11) is 1.74. The average molecular weight is 452 g/mol. The molecule has 5 rings (SSSR count). The van der Waals surface area contributed by atoms with Crippen LogP contribution >= 0.6 is 0 Å². The van der Waals surface area contributed by atoms with Gasteiger partial charge in [0.25, 0.3) is 5.91 Å². The molecule has 2 atom stereocenters. The highest BCUT2D eigenvalue weighted by Crippen LogP contribution is 2.31. The lowest BCUT2D eigenvalue weighted by Gasteiger charge is -2.37. The fourth-order valence-electron chi connectivity index (χ4n) is 4.31. The summed E-state index contributed by atoms with van der Waals surface area (Å²) in [4.78, 5) is 27.8. The van der Waals surface area contributed by atoms with Crippen molar-refractivity contribution in [3.63, 3.8) is 0 Å². The van der Waals surface area contributed by atoms with E-state index in [1.165, 1.54) is 10.6 Å². The number of pyridine rings is 1. The van der Waals surface area contributed by atoms with Crippen LogP contribution in [0.4, 0.5) is 20.5 Å². The molecular formula is C22H22F2N8O.